The lowest BCUT2D eigenvalue weighted by molar-refractivity contribution is 0.224. The Labute approximate surface area is 188 Å². The minimum absolute atomic E-state index is 0.138. The van der Waals surface area contributed by atoms with Gasteiger partial charge >= 0.3 is 0 Å². The van der Waals surface area contributed by atoms with Gasteiger partial charge in [0.2, 0.25) is 10.0 Å². The maximum atomic E-state index is 12.6. The number of nitrogens with zero attached hydrogens (tertiary/aromatic N) is 1. The molecule has 1 heterocycles. The van der Waals surface area contributed by atoms with Gasteiger partial charge in [0.25, 0.3) is 0 Å². The van der Waals surface area contributed by atoms with Crippen LogP contribution in [0.3, 0.4) is 0 Å². The molecule has 166 valence electrons. The van der Waals surface area contributed by atoms with Gasteiger partial charge in [-0.2, -0.15) is 0 Å². The second-order valence-electron chi connectivity index (χ2n) is 7.59. The normalized spacial score (nSPS) is 12.8. The summed E-state index contributed by atoms with van der Waals surface area (Å²) < 4.78 is 38.9. The Hall–Kier alpha value is -2.32. The van der Waals surface area contributed by atoms with Crippen LogP contribution in [-0.4, -0.2) is 33.0 Å². The summed E-state index contributed by atoms with van der Waals surface area (Å²) in [6.45, 7) is 5.18. The Morgan fingerprint density at radius 3 is 2.61 bits per heavy atom. The van der Waals surface area contributed by atoms with E-state index in [1.54, 1.807) is 37.6 Å². The van der Waals surface area contributed by atoms with Crippen molar-refractivity contribution in [3.05, 3.63) is 82.8 Å². The lowest BCUT2D eigenvalue weighted by Gasteiger charge is -2.19. The van der Waals surface area contributed by atoms with E-state index in [1.807, 2.05) is 44.3 Å². The number of rotatable bonds is 10. The maximum Gasteiger partial charge on any atom is 0.241 e. The highest BCUT2D eigenvalue weighted by Crippen LogP contribution is 2.23. The summed E-state index contributed by atoms with van der Waals surface area (Å²) in [7, 11) is -1.64. The number of hydrogen-bond acceptors (Lipinski definition) is 5. The third-order valence-electron chi connectivity index (χ3n) is 4.79. The summed E-state index contributed by atoms with van der Waals surface area (Å²) in [6, 6.07) is 14.6. The molecule has 0 radical (unpaired) electrons. The molecule has 1 N–H and O–H groups in total. The molecule has 0 unspecified atom stereocenters. The number of sulfonamides is 1. The molecule has 0 spiro atoms. The van der Waals surface area contributed by atoms with Gasteiger partial charge < -0.3 is 9.15 Å². The molecule has 0 saturated heterocycles. The molecule has 0 saturated carbocycles. The SMILES string of the molecule is Cc1c(Cl)cccc1S(=O)(=O)NC[C@H](C)Oc1cccc(CN(C)Cc2ccoc2)c1. The summed E-state index contributed by atoms with van der Waals surface area (Å²) in [5.41, 5.74) is 2.74. The highest BCUT2D eigenvalue weighted by atomic mass is 35.5. The van der Waals surface area contributed by atoms with E-state index < -0.39 is 10.0 Å². The van der Waals surface area contributed by atoms with Crippen LogP contribution < -0.4 is 9.46 Å². The third kappa shape index (κ3) is 6.58. The van der Waals surface area contributed by atoms with Gasteiger partial charge in [-0.05, 0) is 62.4 Å². The molecule has 31 heavy (non-hydrogen) atoms. The van der Waals surface area contributed by atoms with Gasteiger partial charge in [0, 0.05) is 30.2 Å². The van der Waals surface area contributed by atoms with Crippen molar-refractivity contribution >= 4 is 21.6 Å². The average Bonchev–Trinajstić information content (AvgIpc) is 3.21. The van der Waals surface area contributed by atoms with E-state index >= 15 is 0 Å². The van der Waals surface area contributed by atoms with Crippen LogP contribution in [0.15, 0.2) is 70.4 Å². The molecular formula is C23H27ClN2O4S. The van der Waals surface area contributed by atoms with E-state index in [9.17, 15) is 8.42 Å². The largest absolute Gasteiger partial charge is 0.489 e. The zero-order chi connectivity index (χ0) is 22.4. The molecule has 0 aliphatic carbocycles. The fourth-order valence-corrected chi connectivity index (χ4v) is 4.85. The second kappa shape index (κ2) is 10.3. The predicted octanol–water partition coefficient (Wildman–Crippen LogP) is 4.62. The summed E-state index contributed by atoms with van der Waals surface area (Å²) in [6.07, 6.45) is 3.05. The number of nitrogens with one attached hydrogen (secondary N) is 1. The number of hydrogen-bond donors (Lipinski definition) is 1. The molecule has 0 aliphatic rings. The molecule has 1 atom stereocenters. The molecule has 0 bridgehead atoms. The smallest absolute Gasteiger partial charge is 0.241 e. The molecule has 6 nitrogen and oxygen atoms in total. The van der Waals surface area contributed by atoms with E-state index in [0.29, 0.717) is 16.3 Å². The van der Waals surface area contributed by atoms with Crippen molar-refractivity contribution in [2.45, 2.75) is 37.9 Å². The van der Waals surface area contributed by atoms with Gasteiger partial charge in [0.1, 0.15) is 11.9 Å². The van der Waals surface area contributed by atoms with E-state index in [1.165, 1.54) is 0 Å². The van der Waals surface area contributed by atoms with E-state index in [2.05, 4.69) is 9.62 Å². The van der Waals surface area contributed by atoms with Gasteiger partial charge in [-0.25, -0.2) is 13.1 Å². The first-order chi connectivity index (χ1) is 14.7. The molecule has 0 fully saturated rings. The van der Waals surface area contributed by atoms with Crippen LogP contribution in [0.4, 0.5) is 0 Å². The van der Waals surface area contributed by atoms with Crippen LogP contribution in [-0.2, 0) is 23.1 Å². The first-order valence-corrected chi connectivity index (χ1v) is 11.8. The fourth-order valence-electron chi connectivity index (χ4n) is 3.24. The number of furan rings is 1. The van der Waals surface area contributed by atoms with Crippen LogP contribution in [0, 0.1) is 6.92 Å². The predicted molar refractivity (Wildman–Crippen MR) is 122 cm³/mol. The minimum atomic E-state index is -3.68. The Bertz CT molecular complexity index is 1100. The van der Waals surface area contributed by atoms with Gasteiger partial charge in [-0.15, -0.1) is 0 Å². The van der Waals surface area contributed by atoms with Crippen LogP contribution in [0.2, 0.25) is 5.02 Å². The van der Waals surface area contributed by atoms with Gasteiger partial charge in [-0.3, -0.25) is 4.90 Å². The van der Waals surface area contributed by atoms with Crippen molar-refractivity contribution in [1.29, 1.82) is 0 Å². The van der Waals surface area contributed by atoms with Crippen molar-refractivity contribution in [3.8, 4) is 5.75 Å². The Kier molecular flexibility index (Phi) is 7.78. The Balaban J connectivity index is 1.56. The molecule has 0 amide bonds. The van der Waals surface area contributed by atoms with Crippen molar-refractivity contribution in [3.63, 3.8) is 0 Å². The highest BCUT2D eigenvalue weighted by Gasteiger charge is 2.19. The summed E-state index contributed by atoms with van der Waals surface area (Å²) in [4.78, 5) is 2.35. The lowest BCUT2D eigenvalue weighted by atomic mass is 10.2. The van der Waals surface area contributed by atoms with Crippen LogP contribution in [0.25, 0.3) is 0 Å². The van der Waals surface area contributed by atoms with Crippen molar-refractivity contribution in [2.24, 2.45) is 0 Å². The third-order valence-corrected chi connectivity index (χ3v) is 6.77. The molecule has 8 heteroatoms. The fraction of sp³-hybridized carbons (Fsp3) is 0.304. The zero-order valence-corrected chi connectivity index (χ0v) is 19.4. The Morgan fingerprint density at radius 2 is 1.87 bits per heavy atom. The summed E-state index contributed by atoms with van der Waals surface area (Å²) >= 11 is 6.06. The highest BCUT2D eigenvalue weighted by molar-refractivity contribution is 7.89. The quantitative estimate of drug-likeness (QED) is 0.476. The first-order valence-electron chi connectivity index (χ1n) is 9.94. The second-order valence-corrected chi connectivity index (χ2v) is 9.74. The minimum Gasteiger partial charge on any atom is -0.489 e. The number of benzene rings is 2. The number of halogens is 1. The number of ether oxygens (including phenoxy) is 1. The van der Waals surface area contributed by atoms with Crippen LogP contribution in [0.5, 0.6) is 5.75 Å². The molecule has 3 aromatic rings. The summed E-state index contributed by atoms with van der Waals surface area (Å²) in [5, 5.41) is 0.418. The first kappa shape index (κ1) is 23.3. The van der Waals surface area contributed by atoms with Crippen LogP contribution >= 0.6 is 11.6 Å². The molecular weight excluding hydrogens is 436 g/mol. The monoisotopic (exact) mass is 462 g/mol. The molecule has 0 aliphatic heterocycles. The van der Waals surface area contributed by atoms with E-state index in [0.717, 1.165) is 24.2 Å². The lowest BCUT2D eigenvalue weighted by Crippen LogP contribution is -2.34. The topological polar surface area (TPSA) is 71.8 Å². The molecule has 3 rings (SSSR count). The van der Waals surface area contributed by atoms with Gasteiger partial charge in [-0.1, -0.05) is 29.8 Å². The van der Waals surface area contributed by atoms with Crippen molar-refractivity contribution in [2.75, 3.05) is 13.6 Å². The van der Waals surface area contributed by atoms with E-state index in [-0.39, 0.29) is 17.5 Å². The molecule has 1 aromatic heterocycles. The standard InChI is InChI=1S/C23H27ClN2O4S/c1-17(13-25-31(27,28)23-9-5-8-22(24)18(23)2)30-21-7-4-6-19(12-21)14-26(3)15-20-10-11-29-16-20/h4-12,16-17,25H,13-15H2,1-3H3/t17-/m0/s1. The maximum absolute atomic E-state index is 12.6. The van der Waals surface area contributed by atoms with E-state index in [4.69, 9.17) is 20.8 Å². The van der Waals surface area contributed by atoms with Gasteiger partial charge in [0.15, 0.2) is 0 Å². The summed E-state index contributed by atoms with van der Waals surface area (Å²) in [5.74, 6) is 0.694. The average molecular weight is 463 g/mol. The van der Waals surface area contributed by atoms with Crippen LogP contribution in [0.1, 0.15) is 23.6 Å². The zero-order valence-electron chi connectivity index (χ0n) is 17.8. The van der Waals surface area contributed by atoms with Gasteiger partial charge in [0.05, 0.1) is 17.4 Å². The van der Waals surface area contributed by atoms with Crippen molar-refractivity contribution < 1.29 is 17.6 Å². The van der Waals surface area contributed by atoms with Crippen molar-refractivity contribution in [1.82, 2.24) is 9.62 Å². The Morgan fingerprint density at radius 1 is 1.13 bits per heavy atom. The molecule has 2 aromatic carbocycles.